The fourth-order valence-corrected chi connectivity index (χ4v) is 6.17. The topological polar surface area (TPSA) is 101 Å². The number of aliphatic hydroxyl groups excluding tert-OH is 1. The van der Waals surface area contributed by atoms with E-state index in [4.69, 9.17) is 35.5 Å². The lowest BCUT2D eigenvalue weighted by atomic mass is 10.1. The van der Waals surface area contributed by atoms with Gasteiger partial charge in [-0.3, -0.25) is 4.99 Å². The SMILES string of the molecule is CN=Cc1c(O[C@@H]2CO[C@H]3[C@@H]2OC[C@H]3O)[nH]c2cc(Cl)c(-c3ccc(N4CC[C@@H](Oc5ccccc5)C4)cc3)nc12. The Balaban J connectivity index is 1.11. The number of nitrogens with one attached hydrogen (secondary N) is 1. The van der Waals surface area contributed by atoms with Crippen LogP contribution in [0.1, 0.15) is 12.0 Å². The molecule has 0 bridgehead atoms. The van der Waals surface area contributed by atoms with Crippen molar-refractivity contribution in [1.29, 1.82) is 0 Å². The summed E-state index contributed by atoms with van der Waals surface area (Å²) in [6, 6.07) is 20.2. The number of pyridine rings is 1. The molecule has 3 aliphatic rings. The van der Waals surface area contributed by atoms with Gasteiger partial charge in [0, 0.05) is 37.5 Å². The summed E-state index contributed by atoms with van der Waals surface area (Å²) in [5.74, 6) is 1.42. The van der Waals surface area contributed by atoms with Gasteiger partial charge in [0.2, 0.25) is 5.88 Å². The van der Waals surface area contributed by atoms with Crippen molar-refractivity contribution in [3.63, 3.8) is 0 Å². The zero-order chi connectivity index (χ0) is 27.9. The minimum atomic E-state index is -0.642. The van der Waals surface area contributed by atoms with Crippen LogP contribution in [0.3, 0.4) is 0 Å². The lowest BCUT2D eigenvalue weighted by molar-refractivity contribution is 0.00792. The number of hydrogen-bond acceptors (Lipinski definition) is 8. The highest BCUT2D eigenvalue weighted by atomic mass is 35.5. The maximum atomic E-state index is 10.1. The predicted molar refractivity (Wildman–Crippen MR) is 158 cm³/mol. The molecule has 0 saturated carbocycles. The summed E-state index contributed by atoms with van der Waals surface area (Å²) in [6.45, 7) is 2.34. The molecule has 10 heteroatoms. The second kappa shape index (κ2) is 11.0. The number of rotatable bonds is 7. The minimum absolute atomic E-state index is 0.159. The van der Waals surface area contributed by atoms with Crippen molar-refractivity contribution in [3.05, 3.63) is 71.2 Å². The molecule has 0 unspecified atom stereocenters. The normalized spacial score (nSPS) is 25.8. The van der Waals surface area contributed by atoms with Gasteiger partial charge in [-0.05, 0) is 30.3 Å². The molecule has 0 amide bonds. The Hall–Kier alpha value is -3.63. The van der Waals surface area contributed by atoms with Gasteiger partial charge in [0.25, 0.3) is 0 Å². The number of ether oxygens (including phenoxy) is 4. The number of aromatic amines is 1. The minimum Gasteiger partial charge on any atom is -0.489 e. The predicted octanol–water partition coefficient (Wildman–Crippen LogP) is 4.50. The molecular weight excluding hydrogens is 544 g/mol. The Morgan fingerprint density at radius 3 is 2.68 bits per heavy atom. The average Bonchev–Trinajstić information content (AvgIpc) is 3.76. The first-order chi connectivity index (χ1) is 20.1. The fourth-order valence-electron chi connectivity index (χ4n) is 5.91. The molecule has 2 aromatic heterocycles. The van der Waals surface area contributed by atoms with E-state index in [2.05, 4.69) is 39.1 Å². The molecule has 3 aliphatic heterocycles. The van der Waals surface area contributed by atoms with Gasteiger partial charge in [0.15, 0.2) is 6.10 Å². The lowest BCUT2D eigenvalue weighted by Gasteiger charge is -2.19. The third-order valence-electron chi connectivity index (χ3n) is 7.93. The molecule has 2 N–H and O–H groups in total. The molecule has 7 rings (SSSR count). The van der Waals surface area contributed by atoms with Gasteiger partial charge in [0.05, 0.1) is 41.6 Å². The molecule has 3 fully saturated rings. The van der Waals surface area contributed by atoms with Crippen molar-refractivity contribution in [2.45, 2.75) is 36.9 Å². The molecule has 0 aliphatic carbocycles. The molecular formula is C31H31ClN4O5. The van der Waals surface area contributed by atoms with Crippen LogP contribution in [-0.4, -0.2) is 85.2 Å². The highest BCUT2D eigenvalue weighted by Crippen LogP contribution is 2.36. The second-order valence-corrected chi connectivity index (χ2v) is 11.0. The molecule has 212 valence electrons. The zero-order valence-corrected chi connectivity index (χ0v) is 23.3. The molecule has 4 aromatic rings. The van der Waals surface area contributed by atoms with Crippen LogP contribution in [0.5, 0.6) is 11.6 Å². The monoisotopic (exact) mass is 574 g/mol. The van der Waals surface area contributed by atoms with Crippen LogP contribution in [0.15, 0.2) is 65.7 Å². The van der Waals surface area contributed by atoms with Gasteiger partial charge in [-0.1, -0.05) is 41.9 Å². The number of H-pyrrole nitrogens is 1. The number of aliphatic hydroxyl groups is 1. The summed E-state index contributed by atoms with van der Waals surface area (Å²) in [5.41, 5.74) is 4.90. The van der Waals surface area contributed by atoms with E-state index < -0.39 is 6.10 Å². The van der Waals surface area contributed by atoms with E-state index in [0.717, 1.165) is 47.6 Å². The number of hydrogen-bond donors (Lipinski definition) is 2. The van der Waals surface area contributed by atoms with Crippen molar-refractivity contribution >= 4 is 34.5 Å². The van der Waals surface area contributed by atoms with Crippen LogP contribution >= 0.6 is 11.6 Å². The third-order valence-corrected chi connectivity index (χ3v) is 8.22. The molecule has 5 heterocycles. The number of benzene rings is 2. The van der Waals surface area contributed by atoms with Crippen LogP contribution in [0, 0.1) is 0 Å². The maximum absolute atomic E-state index is 10.1. The van der Waals surface area contributed by atoms with Gasteiger partial charge in [-0.15, -0.1) is 0 Å². The summed E-state index contributed by atoms with van der Waals surface area (Å²) in [5, 5.41) is 10.6. The summed E-state index contributed by atoms with van der Waals surface area (Å²) in [4.78, 5) is 14.8. The maximum Gasteiger partial charge on any atom is 0.203 e. The van der Waals surface area contributed by atoms with Crippen molar-refractivity contribution < 1.29 is 24.1 Å². The Morgan fingerprint density at radius 2 is 1.88 bits per heavy atom. The van der Waals surface area contributed by atoms with Gasteiger partial charge >= 0.3 is 0 Å². The average molecular weight is 575 g/mol. The Bertz CT molecular complexity index is 1560. The standard InChI is InChI=1S/C31H31ClN4O5/c1-33-14-22-28-24(34-31(22)41-26-17-39-29-25(37)16-38-30(26)29)13-23(32)27(35-28)18-7-9-19(10-8-18)36-12-11-21(15-36)40-20-5-3-2-4-6-20/h2-10,13-14,21,25-26,29-30,34,37H,11-12,15-17H2,1H3/t21-,25-,26-,29-,30-/m1/s1. The number of nitrogens with zero attached hydrogens (tertiary/aromatic N) is 3. The van der Waals surface area contributed by atoms with Crippen LogP contribution in [0.4, 0.5) is 5.69 Å². The number of aromatic nitrogens is 2. The quantitative estimate of drug-likeness (QED) is 0.314. The Morgan fingerprint density at radius 1 is 1.07 bits per heavy atom. The first-order valence-electron chi connectivity index (χ1n) is 13.9. The van der Waals surface area contributed by atoms with E-state index in [0.29, 0.717) is 28.7 Å². The molecule has 2 aromatic carbocycles. The van der Waals surface area contributed by atoms with Gasteiger partial charge < -0.3 is 33.9 Å². The number of anilines is 1. The first kappa shape index (κ1) is 26.3. The lowest BCUT2D eigenvalue weighted by Crippen LogP contribution is -2.34. The van der Waals surface area contributed by atoms with E-state index in [9.17, 15) is 5.11 Å². The van der Waals surface area contributed by atoms with Crippen LogP contribution < -0.4 is 14.4 Å². The zero-order valence-electron chi connectivity index (χ0n) is 22.6. The van der Waals surface area contributed by atoms with Crippen molar-refractivity contribution in [2.24, 2.45) is 4.99 Å². The molecule has 9 nitrogen and oxygen atoms in total. The molecule has 0 spiro atoms. The largest absolute Gasteiger partial charge is 0.489 e. The van der Waals surface area contributed by atoms with Crippen molar-refractivity contribution in [2.75, 3.05) is 38.3 Å². The second-order valence-electron chi connectivity index (χ2n) is 10.6. The van der Waals surface area contributed by atoms with E-state index >= 15 is 0 Å². The number of fused-ring (bicyclic) bond motifs is 2. The number of aliphatic imine (C=N–C) groups is 1. The Kier molecular flexibility index (Phi) is 7.04. The molecule has 5 atom stereocenters. The molecule has 0 radical (unpaired) electrons. The van der Waals surface area contributed by atoms with E-state index in [1.54, 1.807) is 13.3 Å². The highest BCUT2D eigenvalue weighted by molar-refractivity contribution is 6.33. The van der Waals surface area contributed by atoms with E-state index in [-0.39, 0.29) is 31.0 Å². The van der Waals surface area contributed by atoms with Crippen molar-refractivity contribution in [1.82, 2.24) is 9.97 Å². The van der Waals surface area contributed by atoms with E-state index in [1.165, 1.54) is 0 Å². The van der Waals surface area contributed by atoms with E-state index in [1.807, 2.05) is 36.4 Å². The van der Waals surface area contributed by atoms with Crippen LogP contribution in [-0.2, 0) is 9.47 Å². The van der Waals surface area contributed by atoms with Crippen LogP contribution in [0.2, 0.25) is 5.02 Å². The first-order valence-corrected chi connectivity index (χ1v) is 14.2. The summed E-state index contributed by atoms with van der Waals surface area (Å²) in [6.07, 6.45) is 1.15. The summed E-state index contributed by atoms with van der Waals surface area (Å²) < 4.78 is 23.9. The van der Waals surface area contributed by atoms with Crippen LogP contribution in [0.25, 0.3) is 22.3 Å². The number of para-hydroxylation sites is 1. The van der Waals surface area contributed by atoms with Gasteiger partial charge in [-0.25, -0.2) is 4.98 Å². The Labute approximate surface area is 242 Å². The summed E-state index contributed by atoms with van der Waals surface area (Å²) in [7, 11) is 1.71. The smallest absolute Gasteiger partial charge is 0.203 e. The summed E-state index contributed by atoms with van der Waals surface area (Å²) >= 11 is 6.75. The fraction of sp³-hybridized carbons (Fsp3) is 0.355. The van der Waals surface area contributed by atoms with Gasteiger partial charge in [0.1, 0.15) is 35.7 Å². The highest BCUT2D eigenvalue weighted by Gasteiger charge is 2.48. The third kappa shape index (κ3) is 5.04. The molecule has 41 heavy (non-hydrogen) atoms. The number of halogens is 1. The van der Waals surface area contributed by atoms with Crippen molar-refractivity contribution in [3.8, 4) is 22.9 Å². The molecule has 3 saturated heterocycles. The van der Waals surface area contributed by atoms with Gasteiger partial charge in [-0.2, -0.15) is 0 Å².